The molecule has 0 bridgehead atoms. The SMILES string of the molecule is Cc1cc(OCC(=O)c2ccc3c(c2)N(CCCC(=O)NCC2CCCO2)C(=O)CO3)ccc1Cl. The number of nitrogens with one attached hydrogen (secondary N) is 1. The Morgan fingerprint density at radius 2 is 2.09 bits per heavy atom. The summed E-state index contributed by atoms with van der Waals surface area (Å²) in [6.45, 7) is 3.24. The number of hydrogen-bond donors (Lipinski definition) is 1. The smallest absolute Gasteiger partial charge is 0.265 e. The van der Waals surface area contributed by atoms with E-state index in [-0.39, 0.29) is 36.9 Å². The maximum atomic E-state index is 12.8. The molecule has 0 spiro atoms. The maximum Gasteiger partial charge on any atom is 0.265 e. The van der Waals surface area contributed by atoms with Crippen LogP contribution in [0.2, 0.25) is 5.02 Å². The Morgan fingerprint density at radius 1 is 1.23 bits per heavy atom. The van der Waals surface area contributed by atoms with Crippen molar-refractivity contribution >= 4 is 34.9 Å². The van der Waals surface area contributed by atoms with Gasteiger partial charge < -0.3 is 24.4 Å². The molecule has 1 fully saturated rings. The van der Waals surface area contributed by atoms with Crippen molar-refractivity contribution in [3.63, 3.8) is 0 Å². The third-order valence-electron chi connectivity index (χ3n) is 6.06. The Kier molecular flexibility index (Phi) is 8.25. The number of carbonyl (C=O) groups excluding carboxylic acids is 3. The van der Waals surface area contributed by atoms with Crippen molar-refractivity contribution in [1.82, 2.24) is 5.32 Å². The van der Waals surface area contributed by atoms with Crippen LogP contribution in [-0.4, -0.2) is 56.6 Å². The van der Waals surface area contributed by atoms with Crippen LogP contribution in [0.3, 0.4) is 0 Å². The molecule has 35 heavy (non-hydrogen) atoms. The number of halogens is 1. The lowest BCUT2D eigenvalue weighted by Gasteiger charge is -2.29. The molecule has 2 aliphatic rings. The third-order valence-corrected chi connectivity index (χ3v) is 6.48. The van der Waals surface area contributed by atoms with Gasteiger partial charge >= 0.3 is 0 Å². The van der Waals surface area contributed by atoms with Gasteiger partial charge in [-0.1, -0.05) is 11.6 Å². The van der Waals surface area contributed by atoms with Gasteiger partial charge in [-0.25, -0.2) is 0 Å². The van der Waals surface area contributed by atoms with E-state index in [2.05, 4.69) is 5.32 Å². The highest BCUT2D eigenvalue weighted by Crippen LogP contribution is 2.33. The zero-order valence-electron chi connectivity index (χ0n) is 19.7. The number of carbonyl (C=O) groups is 3. The van der Waals surface area contributed by atoms with Gasteiger partial charge in [0.25, 0.3) is 5.91 Å². The summed E-state index contributed by atoms with van der Waals surface area (Å²) >= 11 is 6.03. The van der Waals surface area contributed by atoms with Crippen molar-refractivity contribution in [3.05, 3.63) is 52.5 Å². The summed E-state index contributed by atoms with van der Waals surface area (Å²) in [7, 11) is 0. The predicted octanol–water partition coefficient (Wildman–Crippen LogP) is 3.71. The van der Waals surface area contributed by atoms with Gasteiger partial charge in [-0.2, -0.15) is 0 Å². The van der Waals surface area contributed by atoms with E-state index in [1.54, 1.807) is 41.3 Å². The van der Waals surface area contributed by atoms with E-state index < -0.39 is 0 Å². The molecule has 1 saturated heterocycles. The van der Waals surface area contributed by atoms with Crippen LogP contribution >= 0.6 is 11.6 Å². The van der Waals surface area contributed by atoms with Crippen molar-refractivity contribution in [2.75, 3.05) is 37.8 Å². The van der Waals surface area contributed by atoms with E-state index in [0.29, 0.717) is 53.7 Å². The minimum Gasteiger partial charge on any atom is -0.485 e. The Morgan fingerprint density at radius 3 is 2.86 bits per heavy atom. The normalized spacial score (nSPS) is 17.0. The predicted molar refractivity (Wildman–Crippen MR) is 132 cm³/mol. The van der Waals surface area contributed by atoms with E-state index >= 15 is 0 Å². The molecule has 2 amide bonds. The number of amides is 2. The van der Waals surface area contributed by atoms with E-state index in [1.807, 2.05) is 6.92 Å². The van der Waals surface area contributed by atoms with Crippen molar-refractivity contribution in [1.29, 1.82) is 0 Å². The molecule has 0 radical (unpaired) electrons. The Bertz CT molecular complexity index is 1100. The number of nitrogens with zero attached hydrogens (tertiary/aromatic N) is 1. The van der Waals surface area contributed by atoms with Crippen LogP contribution in [0.15, 0.2) is 36.4 Å². The number of ether oxygens (including phenoxy) is 3. The van der Waals surface area contributed by atoms with Crippen LogP contribution in [-0.2, 0) is 14.3 Å². The van der Waals surface area contributed by atoms with E-state index in [9.17, 15) is 14.4 Å². The molecule has 1 unspecified atom stereocenters. The fraction of sp³-hybridized carbons (Fsp3) is 0.423. The Balaban J connectivity index is 1.34. The second-order valence-electron chi connectivity index (χ2n) is 8.68. The molecule has 2 aliphatic heterocycles. The number of benzene rings is 2. The van der Waals surface area contributed by atoms with Crippen molar-refractivity contribution in [2.45, 2.75) is 38.7 Å². The zero-order chi connectivity index (χ0) is 24.8. The van der Waals surface area contributed by atoms with Gasteiger partial charge in [0, 0.05) is 36.7 Å². The van der Waals surface area contributed by atoms with Crippen LogP contribution in [0.1, 0.15) is 41.6 Å². The topological polar surface area (TPSA) is 94.2 Å². The molecule has 2 aromatic carbocycles. The van der Waals surface area contributed by atoms with Crippen LogP contribution in [0.4, 0.5) is 5.69 Å². The van der Waals surface area contributed by atoms with Crippen molar-refractivity contribution in [2.24, 2.45) is 0 Å². The summed E-state index contributed by atoms with van der Waals surface area (Å²) in [5, 5.41) is 3.52. The summed E-state index contributed by atoms with van der Waals surface area (Å²) in [5.74, 6) is 0.566. The van der Waals surface area contributed by atoms with Gasteiger partial charge in [0.1, 0.15) is 11.5 Å². The van der Waals surface area contributed by atoms with Crippen LogP contribution < -0.4 is 19.7 Å². The molecule has 0 saturated carbocycles. The quantitative estimate of drug-likeness (QED) is 0.500. The average molecular weight is 501 g/mol. The summed E-state index contributed by atoms with van der Waals surface area (Å²) in [6.07, 6.45) is 2.86. The van der Waals surface area contributed by atoms with Crippen LogP contribution in [0.25, 0.3) is 0 Å². The van der Waals surface area contributed by atoms with Gasteiger partial charge in [0.15, 0.2) is 19.0 Å². The minimum atomic E-state index is -0.230. The highest BCUT2D eigenvalue weighted by molar-refractivity contribution is 6.31. The monoisotopic (exact) mass is 500 g/mol. The lowest BCUT2D eigenvalue weighted by Crippen LogP contribution is -2.40. The van der Waals surface area contributed by atoms with Gasteiger partial charge in [-0.15, -0.1) is 0 Å². The standard InChI is InChI=1S/C26H29ClN2O6/c1-17-12-19(7-8-21(17)27)34-15-23(30)18-6-9-24-22(13-18)29(26(32)16-35-24)10-2-5-25(31)28-14-20-4-3-11-33-20/h6-9,12-13,20H,2-5,10-11,14-16H2,1H3,(H,28,31). The van der Waals surface area contributed by atoms with Crippen LogP contribution in [0, 0.1) is 6.92 Å². The first-order chi connectivity index (χ1) is 16.9. The number of fused-ring (bicyclic) bond motifs is 1. The number of rotatable bonds is 10. The zero-order valence-corrected chi connectivity index (χ0v) is 20.4. The molecule has 0 aliphatic carbocycles. The fourth-order valence-electron chi connectivity index (χ4n) is 4.08. The molecule has 1 atom stereocenters. The molecule has 186 valence electrons. The summed E-state index contributed by atoms with van der Waals surface area (Å²) < 4.78 is 16.7. The van der Waals surface area contributed by atoms with Gasteiger partial charge in [0.2, 0.25) is 5.91 Å². The van der Waals surface area contributed by atoms with E-state index in [0.717, 1.165) is 25.0 Å². The average Bonchev–Trinajstić information content (AvgIpc) is 3.38. The second-order valence-corrected chi connectivity index (χ2v) is 9.09. The molecule has 2 heterocycles. The van der Waals surface area contributed by atoms with Crippen LogP contribution in [0.5, 0.6) is 11.5 Å². The number of hydrogen-bond acceptors (Lipinski definition) is 6. The maximum absolute atomic E-state index is 12.8. The summed E-state index contributed by atoms with van der Waals surface area (Å²) in [6, 6.07) is 10.2. The molecule has 2 aromatic rings. The second kappa shape index (κ2) is 11.6. The molecule has 8 nitrogen and oxygen atoms in total. The van der Waals surface area contributed by atoms with Crippen molar-refractivity contribution < 1.29 is 28.6 Å². The Hall–Kier alpha value is -3.10. The first-order valence-corrected chi connectivity index (χ1v) is 12.2. The van der Waals surface area contributed by atoms with E-state index in [1.165, 1.54) is 0 Å². The molecular weight excluding hydrogens is 472 g/mol. The number of aryl methyl sites for hydroxylation is 1. The van der Waals surface area contributed by atoms with Crippen molar-refractivity contribution in [3.8, 4) is 11.5 Å². The highest BCUT2D eigenvalue weighted by atomic mass is 35.5. The van der Waals surface area contributed by atoms with Gasteiger partial charge in [0.05, 0.1) is 11.8 Å². The highest BCUT2D eigenvalue weighted by Gasteiger charge is 2.26. The van der Waals surface area contributed by atoms with E-state index in [4.69, 9.17) is 25.8 Å². The lowest BCUT2D eigenvalue weighted by atomic mass is 10.1. The van der Waals surface area contributed by atoms with Gasteiger partial charge in [-0.3, -0.25) is 14.4 Å². The molecule has 0 aromatic heterocycles. The fourth-order valence-corrected chi connectivity index (χ4v) is 4.20. The third kappa shape index (κ3) is 6.52. The number of ketones is 1. The lowest BCUT2D eigenvalue weighted by molar-refractivity contribution is -0.123. The Labute approximate surface area is 209 Å². The summed E-state index contributed by atoms with van der Waals surface area (Å²) in [5.41, 5.74) is 1.79. The first-order valence-electron chi connectivity index (χ1n) is 11.8. The largest absolute Gasteiger partial charge is 0.485 e. The molecule has 1 N–H and O–H groups in total. The number of anilines is 1. The molecule has 9 heteroatoms. The first kappa shape index (κ1) is 25.0. The summed E-state index contributed by atoms with van der Waals surface area (Å²) in [4.78, 5) is 39.1. The number of Topliss-reactive ketones (excluding diaryl/α,β-unsaturated/α-hetero) is 1. The van der Waals surface area contributed by atoms with Gasteiger partial charge in [-0.05, 0) is 68.1 Å². The molecular formula is C26H29ClN2O6. The minimum absolute atomic E-state index is 0.0695. The molecule has 4 rings (SSSR count).